The lowest BCUT2D eigenvalue weighted by molar-refractivity contribution is 0.0920. The highest BCUT2D eigenvalue weighted by Gasteiger charge is 2.21. The number of carbonyl (C=O) groups excluding carboxylic acids is 1. The van der Waals surface area contributed by atoms with Crippen molar-refractivity contribution in [1.29, 1.82) is 0 Å². The first kappa shape index (κ1) is 14.7. The van der Waals surface area contributed by atoms with E-state index in [0.717, 1.165) is 24.9 Å². The smallest absolute Gasteiger partial charge is 0.273 e. The van der Waals surface area contributed by atoms with Gasteiger partial charge < -0.3 is 10.6 Å². The summed E-state index contributed by atoms with van der Waals surface area (Å²) in [5, 5.41) is 14.4. The molecule has 2 heterocycles. The molecule has 2 unspecified atom stereocenters. The number of carbonyl (C=O) groups is 1. The Morgan fingerprint density at radius 2 is 2.23 bits per heavy atom. The Bertz CT molecular complexity index is 624. The van der Waals surface area contributed by atoms with E-state index in [1.165, 1.54) is 0 Å². The van der Waals surface area contributed by atoms with Crippen LogP contribution in [-0.2, 0) is 6.54 Å². The first-order valence-electron chi connectivity index (χ1n) is 7.69. The van der Waals surface area contributed by atoms with Gasteiger partial charge in [-0.15, -0.1) is 5.10 Å². The molecule has 2 aromatic rings. The van der Waals surface area contributed by atoms with Crippen molar-refractivity contribution < 1.29 is 4.79 Å². The molecular formula is C16H21N5O. The van der Waals surface area contributed by atoms with Crippen LogP contribution in [0.1, 0.15) is 35.8 Å². The van der Waals surface area contributed by atoms with E-state index >= 15 is 0 Å². The van der Waals surface area contributed by atoms with E-state index in [4.69, 9.17) is 0 Å². The summed E-state index contributed by atoms with van der Waals surface area (Å²) in [6, 6.07) is 10.6. The van der Waals surface area contributed by atoms with Gasteiger partial charge in [0.05, 0.1) is 12.7 Å². The summed E-state index contributed by atoms with van der Waals surface area (Å²) in [6.07, 6.45) is 3.60. The predicted molar refractivity (Wildman–Crippen MR) is 83.5 cm³/mol. The normalized spacial score (nSPS) is 21.5. The van der Waals surface area contributed by atoms with Gasteiger partial charge in [-0.05, 0) is 31.9 Å². The fourth-order valence-corrected chi connectivity index (χ4v) is 2.77. The lowest BCUT2D eigenvalue weighted by Gasteiger charge is -2.28. The van der Waals surface area contributed by atoms with E-state index in [9.17, 15) is 4.79 Å². The van der Waals surface area contributed by atoms with Crippen molar-refractivity contribution >= 4 is 5.91 Å². The van der Waals surface area contributed by atoms with Crippen LogP contribution in [0, 0.1) is 0 Å². The fourth-order valence-electron chi connectivity index (χ4n) is 2.77. The first-order valence-corrected chi connectivity index (χ1v) is 7.69. The largest absolute Gasteiger partial charge is 0.348 e. The van der Waals surface area contributed by atoms with Gasteiger partial charge in [-0.2, -0.15) is 0 Å². The van der Waals surface area contributed by atoms with Crippen LogP contribution in [0.3, 0.4) is 0 Å². The molecule has 2 atom stereocenters. The summed E-state index contributed by atoms with van der Waals surface area (Å²) in [4.78, 5) is 12.2. The lowest BCUT2D eigenvalue weighted by atomic mass is 10.0. The van der Waals surface area contributed by atoms with Crippen LogP contribution in [0.25, 0.3) is 0 Å². The molecule has 1 amide bonds. The molecule has 0 radical (unpaired) electrons. The second-order valence-electron chi connectivity index (χ2n) is 5.84. The minimum Gasteiger partial charge on any atom is -0.348 e. The summed E-state index contributed by atoms with van der Waals surface area (Å²) < 4.78 is 1.69. The monoisotopic (exact) mass is 299 g/mol. The summed E-state index contributed by atoms with van der Waals surface area (Å²) in [5.74, 6) is -0.140. The molecule has 1 aliphatic heterocycles. The van der Waals surface area contributed by atoms with Crippen LogP contribution >= 0.6 is 0 Å². The van der Waals surface area contributed by atoms with Crippen molar-refractivity contribution in [3.8, 4) is 0 Å². The molecule has 1 saturated heterocycles. The summed E-state index contributed by atoms with van der Waals surface area (Å²) in [5.41, 5.74) is 1.51. The molecule has 6 heteroatoms. The van der Waals surface area contributed by atoms with Crippen molar-refractivity contribution in [2.24, 2.45) is 0 Å². The maximum Gasteiger partial charge on any atom is 0.273 e. The average molecular weight is 299 g/mol. The number of piperidine rings is 1. The van der Waals surface area contributed by atoms with E-state index in [0.29, 0.717) is 18.3 Å². The average Bonchev–Trinajstić information content (AvgIpc) is 2.97. The van der Waals surface area contributed by atoms with Crippen molar-refractivity contribution in [3.05, 3.63) is 47.8 Å². The highest BCUT2D eigenvalue weighted by molar-refractivity contribution is 5.92. The quantitative estimate of drug-likeness (QED) is 0.890. The molecule has 6 nitrogen and oxygen atoms in total. The topological polar surface area (TPSA) is 71.8 Å². The number of benzene rings is 1. The van der Waals surface area contributed by atoms with Crippen molar-refractivity contribution in [2.75, 3.05) is 6.54 Å². The Morgan fingerprint density at radius 3 is 3.00 bits per heavy atom. The molecule has 22 heavy (non-hydrogen) atoms. The number of rotatable bonds is 4. The Kier molecular flexibility index (Phi) is 4.48. The van der Waals surface area contributed by atoms with E-state index < -0.39 is 0 Å². The number of aromatic nitrogens is 3. The second kappa shape index (κ2) is 6.70. The third-order valence-electron chi connectivity index (χ3n) is 3.92. The molecule has 1 aliphatic rings. The van der Waals surface area contributed by atoms with E-state index in [1.807, 2.05) is 30.3 Å². The van der Waals surface area contributed by atoms with Crippen molar-refractivity contribution in [2.45, 2.75) is 38.4 Å². The summed E-state index contributed by atoms with van der Waals surface area (Å²) in [7, 11) is 0. The van der Waals surface area contributed by atoms with Crippen LogP contribution in [0.15, 0.2) is 36.5 Å². The summed E-state index contributed by atoms with van der Waals surface area (Å²) in [6.45, 7) is 3.69. The Hall–Kier alpha value is -2.21. The number of amides is 1. The third-order valence-corrected chi connectivity index (χ3v) is 3.92. The summed E-state index contributed by atoms with van der Waals surface area (Å²) >= 11 is 0. The first-order chi connectivity index (χ1) is 10.7. The van der Waals surface area contributed by atoms with Crippen LogP contribution in [-0.4, -0.2) is 39.5 Å². The molecule has 0 spiro atoms. The molecular weight excluding hydrogens is 278 g/mol. The minimum atomic E-state index is -0.140. The number of nitrogens with one attached hydrogen (secondary N) is 2. The zero-order valence-electron chi connectivity index (χ0n) is 12.7. The SMILES string of the molecule is CC1CC(NC(=O)c2cn(Cc3ccccc3)nn2)CCN1. The van der Waals surface area contributed by atoms with Gasteiger partial charge in [0.2, 0.25) is 0 Å². The van der Waals surface area contributed by atoms with Gasteiger partial charge in [0.25, 0.3) is 5.91 Å². The highest BCUT2D eigenvalue weighted by atomic mass is 16.2. The third kappa shape index (κ3) is 3.71. The molecule has 3 rings (SSSR count). The second-order valence-corrected chi connectivity index (χ2v) is 5.84. The molecule has 2 N–H and O–H groups in total. The van der Waals surface area contributed by atoms with E-state index in [-0.39, 0.29) is 11.9 Å². The van der Waals surface area contributed by atoms with E-state index in [1.54, 1.807) is 10.9 Å². The lowest BCUT2D eigenvalue weighted by Crippen LogP contribution is -2.46. The molecule has 1 aromatic carbocycles. The van der Waals surface area contributed by atoms with Crippen LogP contribution in [0.5, 0.6) is 0 Å². The molecule has 0 aliphatic carbocycles. The van der Waals surface area contributed by atoms with Gasteiger partial charge in [-0.25, -0.2) is 4.68 Å². The zero-order valence-corrected chi connectivity index (χ0v) is 12.7. The Balaban J connectivity index is 1.59. The van der Waals surface area contributed by atoms with Crippen LogP contribution < -0.4 is 10.6 Å². The zero-order chi connectivity index (χ0) is 15.4. The van der Waals surface area contributed by atoms with Crippen LogP contribution in [0.2, 0.25) is 0 Å². The van der Waals surface area contributed by atoms with Crippen LogP contribution in [0.4, 0.5) is 0 Å². The Morgan fingerprint density at radius 1 is 1.41 bits per heavy atom. The molecule has 1 aromatic heterocycles. The number of hydrogen-bond acceptors (Lipinski definition) is 4. The van der Waals surface area contributed by atoms with Gasteiger partial charge in [-0.1, -0.05) is 35.5 Å². The molecule has 1 fully saturated rings. The van der Waals surface area contributed by atoms with Gasteiger partial charge in [0.15, 0.2) is 5.69 Å². The van der Waals surface area contributed by atoms with Gasteiger partial charge in [0.1, 0.15) is 0 Å². The minimum absolute atomic E-state index is 0.140. The molecule has 0 bridgehead atoms. The van der Waals surface area contributed by atoms with E-state index in [2.05, 4.69) is 27.9 Å². The van der Waals surface area contributed by atoms with Gasteiger partial charge in [0, 0.05) is 12.1 Å². The fraction of sp³-hybridized carbons (Fsp3) is 0.438. The predicted octanol–water partition coefficient (Wildman–Crippen LogP) is 1.20. The number of hydrogen-bond donors (Lipinski definition) is 2. The highest BCUT2D eigenvalue weighted by Crippen LogP contribution is 2.09. The number of nitrogens with zero attached hydrogens (tertiary/aromatic N) is 3. The molecule has 116 valence electrons. The van der Waals surface area contributed by atoms with Gasteiger partial charge >= 0.3 is 0 Å². The maximum absolute atomic E-state index is 12.2. The Labute approximate surface area is 129 Å². The molecule has 0 saturated carbocycles. The van der Waals surface area contributed by atoms with Crippen molar-refractivity contribution in [1.82, 2.24) is 25.6 Å². The van der Waals surface area contributed by atoms with Gasteiger partial charge in [-0.3, -0.25) is 4.79 Å². The van der Waals surface area contributed by atoms with Crippen molar-refractivity contribution in [3.63, 3.8) is 0 Å². The standard InChI is InChI=1S/C16H21N5O/c1-12-9-14(7-8-17-12)18-16(22)15-11-21(20-19-15)10-13-5-3-2-4-6-13/h2-6,11-12,14,17H,7-10H2,1H3,(H,18,22). The maximum atomic E-state index is 12.2.